The van der Waals surface area contributed by atoms with Gasteiger partial charge in [-0.05, 0) is 29.8 Å². The fraction of sp³-hybridized carbons (Fsp3) is 0.200. The third-order valence-corrected chi connectivity index (χ3v) is 9.00. The van der Waals surface area contributed by atoms with E-state index in [-0.39, 0.29) is 28.1 Å². The highest BCUT2D eigenvalue weighted by Gasteiger charge is 2.54. The third-order valence-electron chi connectivity index (χ3n) is 5.17. The smallest absolute Gasteiger partial charge is 0.352 e. The number of fused-ring (bicyclic) bond motifs is 1. The molecule has 2 aromatic heterocycles. The molecule has 38 heavy (non-hydrogen) atoms. The Balaban J connectivity index is 1.32. The number of β-lactam (4-membered cyclic amide) rings is 1. The van der Waals surface area contributed by atoms with Gasteiger partial charge in [0.1, 0.15) is 28.4 Å². The summed E-state index contributed by atoms with van der Waals surface area (Å²) in [5, 5.41) is 23.3. The summed E-state index contributed by atoms with van der Waals surface area (Å²) in [6.45, 7) is 0. The van der Waals surface area contributed by atoms with Gasteiger partial charge in [0.25, 0.3) is 11.8 Å². The fourth-order valence-electron chi connectivity index (χ4n) is 3.49. The molecule has 1 saturated heterocycles. The summed E-state index contributed by atoms with van der Waals surface area (Å²) in [5.41, 5.74) is 7.31. The van der Waals surface area contributed by atoms with E-state index in [1.807, 2.05) is 0 Å². The second-order valence-corrected chi connectivity index (χ2v) is 11.5. The van der Waals surface area contributed by atoms with Crippen molar-refractivity contribution < 1.29 is 28.7 Å². The number of aromatic nitrogens is 4. The van der Waals surface area contributed by atoms with Crippen molar-refractivity contribution in [1.29, 1.82) is 0 Å². The highest BCUT2D eigenvalue weighted by molar-refractivity contribution is 8.01. The molecule has 18 heteroatoms. The molecule has 5 rings (SSSR count). The van der Waals surface area contributed by atoms with Crippen LogP contribution in [0.5, 0.6) is 5.75 Å². The van der Waals surface area contributed by atoms with E-state index in [9.17, 15) is 23.9 Å². The molecule has 1 aromatic carbocycles. The molecule has 1 fully saturated rings. The number of nitrogen functional groups attached to an aromatic ring is 1. The summed E-state index contributed by atoms with van der Waals surface area (Å²) in [6, 6.07) is 3.90. The molecule has 4 N–H and O–H groups in total. The number of carbonyl (C=O) groups excluding carboxylic acids is 2. The van der Waals surface area contributed by atoms with Gasteiger partial charge in [-0.3, -0.25) is 14.5 Å². The number of carbonyl (C=O) groups is 3. The molecule has 0 bridgehead atoms. The van der Waals surface area contributed by atoms with E-state index in [0.29, 0.717) is 21.4 Å². The van der Waals surface area contributed by atoms with Crippen molar-refractivity contribution in [2.45, 2.75) is 15.8 Å². The van der Waals surface area contributed by atoms with Gasteiger partial charge in [0.05, 0.1) is 0 Å². The van der Waals surface area contributed by atoms with Crippen LogP contribution in [0, 0.1) is 5.82 Å². The van der Waals surface area contributed by atoms with E-state index in [1.54, 1.807) is 5.51 Å². The number of hydrogen-bond acceptors (Lipinski definition) is 14. The Morgan fingerprint density at radius 3 is 2.79 bits per heavy atom. The van der Waals surface area contributed by atoms with Gasteiger partial charge in [0.2, 0.25) is 11.5 Å². The molecule has 2 amide bonds. The van der Waals surface area contributed by atoms with Crippen LogP contribution >= 0.6 is 46.4 Å². The maximum atomic E-state index is 13.2. The van der Waals surface area contributed by atoms with E-state index in [1.165, 1.54) is 51.9 Å². The van der Waals surface area contributed by atoms with Crippen LogP contribution in [0.1, 0.15) is 5.82 Å². The number of hydrogen-bond donors (Lipinski definition) is 3. The first-order valence-electron chi connectivity index (χ1n) is 10.5. The Hall–Kier alpha value is -3.61. The molecule has 0 radical (unpaired) electrons. The zero-order valence-electron chi connectivity index (χ0n) is 18.8. The number of nitrogens with zero attached hydrogens (tertiary/aromatic N) is 6. The van der Waals surface area contributed by atoms with Crippen molar-refractivity contribution in [1.82, 2.24) is 29.8 Å². The van der Waals surface area contributed by atoms with Crippen LogP contribution in [0.3, 0.4) is 0 Å². The molecule has 13 nitrogen and oxygen atoms in total. The molecule has 4 heterocycles. The van der Waals surface area contributed by atoms with E-state index >= 15 is 0 Å². The lowest BCUT2D eigenvalue weighted by Crippen LogP contribution is -2.71. The van der Waals surface area contributed by atoms with Gasteiger partial charge in [-0.25, -0.2) is 9.18 Å². The summed E-state index contributed by atoms with van der Waals surface area (Å²) in [7, 11) is 0. The van der Waals surface area contributed by atoms with Crippen molar-refractivity contribution in [3.63, 3.8) is 0 Å². The van der Waals surface area contributed by atoms with Crippen molar-refractivity contribution in [3.05, 3.63) is 52.7 Å². The number of thioether (sulfide) groups is 2. The number of amides is 2. The Morgan fingerprint density at radius 1 is 1.34 bits per heavy atom. The molecule has 196 valence electrons. The number of nitrogens with one attached hydrogen (secondary N) is 1. The molecule has 2 aliphatic rings. The average Bonchev–Trinajstić information content (AvgIpc) is 3.58. The zero-order valence-corrected chi connectivity index (χ0v) is 22.1. The lowest BCUT2D eigenvalue weighted by molar-refractivity contribution is -0.150. The minimum Gasteiger partial charge on any atom is -0.477 e. The molecular weight excluding hydrogens is 580 g/mol. The third kappa shape index (κ3) is 5.33. The van der Waals surface area contributed by atoms with Crippen LogP contribution in [0.25, 0.3) is 0 Å². The molecular formula is C20H15FN8O5S4. The maximum Gasteiger partial charge on any atom is 0.352 e. The number of anilines is 1. The predicted octanol–water partition coefficient (Wildman–Crippen LogP) is 1.42. The van der Waals surface area contributed by atoms with E-state index in [0.717, 1.165) is 23.7 Å². The second-order valence-electron chi connectivity index (χ2n) is 7.55. The van der Waals surface area contributed by atoms with Crippen molar-refractivity contribution >= 4 is 75.0 Å². The largest absolute Gasteiger partial charge is 0.477 e. The lowest BCUT2D eigenvalue weighted by Gasteiger charge is -2.49. The number of rotatable bonds is 9. The number of oxime groups is 1. The zero-order chi connectivity index (χ0) is 26.8. The van der Waals surface area contributed by atoms with Gasteiger partial charge in [-0.15, -0.1) is 22.0 Å². The van der Waals surface area contributed by atoms with Gasteiger partial charge in [-0.1, -0.05) is 28.3 Å². The van der Waals surface area contributed by atoms with Crippen molar-refractivity contribution in [2.75, 3.05) is 17.2 Å². The minimum absolute atomic E-state index is 0.0752. The predicted molar refractivity (Wildman–Crippen MR) is 138 cm³/mol. The van der Waals surface area contributed by atoms with Crippen LogP contribution in [-0.2, 0) is 14.4 Å². The first kappa shape index (κ1) is 26.0. The molecule has 2 aliphatic heterocycles. The van der Waals surface area contributed by atoms with Gasteiger partial charge in [0, 0.05) is 23.0 Å². The van der Waals surface area contributed by atoms with Crippen molar-refractivity contribution in [3.8, 4) is 5.75 Å². The molecule has 0 saturated carbocycles. The van der Waals surface area contributed by atoms with Crippen LogP contribution in [0.4, 0.5) is 9.52 Å². The maximum absolute atomic E-state index is 13.2. The quantitative estimate of drug-likeness (QED) is 0.140. The number of nitrogens with two attached hydrogens (primary N) is 1. The van der Waals surface area contributed by atoms with E-state index in [4.69, 9.17) is 10.6 Å². The van der Waals surface area contributed by atoms with Crippen LogP contribution in [0.2, 0.25) is 0 Å². The summed E-state index contributed by atoms with van der Waals surface area (Å²) in [4.78, 5) is 48.6. The molecule has 0 aliphatic carbocycles. The first-order valence-corrected chi connectivity index (χ1v) is 14.2. The number of carboxylic acid groups (broad SMARTS) is 1. The number of carboxylic acids is 1. The van der Waals surface area contributed by atoms with Gasteiger partial charge < -0.3 is 21.0 Å². The van der Waals surface area contributed by atoms with E-state index < -0.39 is 35.0 Å². The molecule has 3 aromatic rings. The SMILES string of the molecule is Nc1nc(/C(=N\Oc2ccc(F)cc2)C(=O)NC2C(=O)N3C(C(=O)O)=C(CSc4nncs4)CSC23)ns1. The minimum atomic E-state index is -1.24. The van der Waals surface area contributed by atoms with E-state index in [2.05, 4.69) is 30.0 Å². The molecule has 2 atom stereocenters. The summed E-state index contributed by atoms with van der Waals surface area (Å²) >= 11 is 4.81. The molecule has 2 unspecified atom stereocenters. The fourth-order valence-corrected chi connectivity index (χ4v) is 6.90. The van der Waals surface area contributed by atoms with Crippen LogP contribution in [0.15, 0.2) is 50.5 Å². The molecule has 0 spiro atoms. The highest BCUT2D eigenvalue weighted by Crippen LogP contribution is 2.41. The topological polar surface area (TPSA) is 186 Å². The highest BCUT2D eigenvalue weighted by atomic mass is 32.2. The van der Waals surface area contributed by atoms with Crippen LogP contribution in [-0.4, -0.2) is 76.0 Å². The van der Waals surface area contributed by atoms with Crippen molar-refractivity contribution in [2.24, 2.45) is 5.16 Å². The summed E-state index contributed by atoms with van der Waals surface area (Å²) in [6.07, 6.45) is 0. The van der Waals surface area contributed by atoms with Gasteiger partial charge in [-0.2, -0.15) is 9.36 Å². The summed E-state index contributed by atoms with van der Waals surface area (Å²) in [5.74, 6) is -2.46. The standard InChI is InChI=1S/C20H15FN8O5S4/c21-9-1-3-10(4-2-9)34-27-11(14-25-19(22)38-28-14)15(30)24-12-16(31)29-13(18(32)33)8(5-35-17(12)29)6-36-20-26-23-7-37-20/h1-4,7,12,17H,5-6H2,(H,24,30)(H,32,33)(H2,22,25,28)/b27-11+. The number of halogens is 1. The first-order chi connectivity index (χ1) is 18.3. The van der Waals surface area contributed by atoms with Gasteiger partial charge in [0.15, 0.2) is 15.2 Å². The number of aliphatic carboxylic acids is 1. The second kappa shape index (κ2) is 11.0. The Bertz CT molecular complexity index is 1450. The summed E-state index contributed by atoms with van der Waals surface area (Å²) < 4.78 is 17.8. The number of benzene rings is 1. The Morgan fingerprint density at radius 2 is 2.13 bits per heavy atom. The average molecular weight is 595 g/mol. The normalized spacial score (nSPS) is 19.1. The Kier molecular flexibility index (Phi) is 7.54. The van der Waals surface area contributed by atoms with Crippen LogP contribution < -0.4 is 15.9 Å². The Labute approximate surface area is 229 Å². The van der Waals surface area contributed by atoms with Gasteiger partial charge >= 0.3 is 5.97 Å². The monoisotopic (exact) mass is 594 g/mol. The lowest BCUT2D eigenvalue weighted by atomic mass is 10.0.